The highest BCUT2D eigenvalue weighted by Gasteiger charge is 2.16. The van der Waals surface area contributed by atoms with Crippen molar-refractivity contribution in [1.29, 1.82) is 0 Å². The van der Waals surface area contributed by atoms with Crippen molar-refractivity contribution in [2.24, 2.45) is 0 Å². The van der Waals surface area contributed by atoms with Gasteiger partial charge in [0.25, 0.3) is 0 Å². The Kier molecular flexibility index (Phi) is 4.06. The fourth-order valence-corrected chi connectivity index (χ4v) is 1.95. The zero-order chi connectivity index (χ0) is 14.9. The number of aromatic carboxylic acids is 1. The topological polar surface area (TPSA) is 62.2 Å². The Morgan fingerprint density at radius 2 is 1.80 bits per heavy atom. The molecule has 0 saturated heterocycles. The predicted octanol–water partition coefficient (Wildman–Crippen LogP) is 4.11. The molecule has 20 heavy (non-hydrogen) atoms. The van der Waals surface area contributed by atoms with Crippen molar-refractivity contribution in [3.05, 3.63) is 51.6 Å². The van der Waals surface area contributed by atoms with Crippen LogP contribution in [0.2, 0.25) is 10.0 Å². The minimum Gasteiger partial charge on any atom is -0.478 e. The van der Waals surface area contributed by atoms with Gasteiger partial charge in [-0.1, -0.05) is 23.2 Å². The van der Waals surface area contributed by atoms with E-state index < -0.39 is 23.2 Å². The van der Waals surface area contributed by atoms with Crippen molar-refractivity contribution in [3.8, 4) is 0 Å². The first-order chi connectivity index (χ1) is 9.40. The Bertz CT molecular complexity index is 672. The molecule has 104 valence electrons. The molecule has 0 aliphatic carbocycles. The van der Waals surface area contributed by atoms with Crippen LogP contribution in [0.15, 0.2) is 24.4 Å². The maximum absolute atomic E-state index is 13.8. The number of anilines is 2. The summed E-state index contributed by atoms with van der Waals surface area (Å²) in [5, 5.41) is 10.8. The van der Waals surface area contributed by atoms with Crippen molar-refractivity contribution in [2.75, 3.05) is 5.32 Å². The van der Waals surface area contributed by atoms with Gasteiger partial charge in [-0.3, -0.25) is 0 Å². The summed E-state index contributed by atoms with van der Waals surface area (Å²) in [5.74, 6) is -3.60. The molecule has 1 aromatic heterocycles. The lowest BCUT2D eigenvalue weighted by Crippen LogP contribution is -2.05. The quantitative estimate of drug-likeness (QED) is 0.836. The molecule has 0 atom stereocenters. The summed E-state index contributed by atoms with van der Waals surface area (Å²) in [6.45, 7) is 0. The van der Waals surface area contributed by atoms with Crippen molar-refractivity contribution in [2.45, 2.75) is 0 Å². The van der Waals surface area contributed by atoms with Crippen LogP contribution >= 0.6 is 23.2 Å². The Morgan fingerprint density at radius 3 is 2.35 bits per heavy atom. The molecule has 8 heteroatoms. The second-order valence-corrected chi connectivity index (χ2v) is 4.52. The average Bonchev–Trinajstić information content (AvgIpc) is 2.38. The fraction of sp³-hybridized carbons (Fsp3) is 0. The van der Waals surface area contributed by atoms with Crippen LogP contribution < -0.4 is 5.32 Å². The van der Waals surface area contributed by atoms with Crippen LogP contribution in [0, 0.1) is 11.6 Å². The second kappa shape index (κ2) is 5.60. The van der Waals surface area contributed by atoms with Crippen LogP contribution in [0.25, 0.3) is 0 Å². The summed E-state index contributed by atoms with van der Waals surface area (Å²) in [6, 6.07) is 3.38. The smallest absolute Gasteiger partial charge is 0.338 e. The summed E-state index contributed by atoms with van der Waals surface area (Å²) in [6.07, 6.45) is 1.13. The van der Waals surface area contributed by atoms with E-state index in [-0.39, 0.29) is 21.6 Å². The first kappa shape index (κ1) is 14.5. The van der Waals surface area contributed by atoms with Gasteiger partial charge in [0.2, 0.25) is 0 Å². The number of benzene rings is 1. The van der Waals surface area contributed by atoms with Crippen molar-refractivity contribution in [3.63, 3.8) is 0 Å². The van der Waals surface area contributed by atoms with E-state index in [1.807, 2.05) is 0 Å². The van der Waals surface area contributed by atoms with Crippen LogP contribution in [0.4, 0.5) is 20.3 Å². The average molecular weight is 319 g/mol. The van der Waals surface area contributed by atoms with Crippen molar-refractivity contribution in [1.82, 2.24) is 4.98 Å². The summed E-state index contributed by atoms with van der Waals surface area (Å²) in [7, 11) is 0. The minimum atomic E-state index is -1.43. The number of halogens is 4. The Morgan fingerprint density at radius 1 is 1.20 bits per heavy atom. The monoisotopic (exact) mass is 318 g/mol. The highest BCUT2D eigenvalue weighted by Crippen LogP contribution is 2.29. The second-order valence-electron chi connectivity index (χ2n) is 3.71. The summed E-state index contributed by atoms with van der Waals surface area (Å²) >= 11 is 11.2. The molecule has 0 radical (unpaired) electrons. The molecule has 2 N–H and O–H groups in total. The molecule has 0 aliphatic heterocycles. The molecule has 1 aromatic carbocycles. The van der Waals surface area contributed by atoms with Gasteiger partial charge < -0.3 is 10.4 Å². The number of nitrogens with one attached hydrogen (secondary N) is 1. The number of carboxylic acid groups (broad SMARTS) is 1. The number of carbonyl (C=O) groups is 1. The fourth-order valence-electron chi connectivity index (χ4n) is 1.46. The minimum absolute atomic E-state index is 0.176. The van der Waals surface area contributed by atoms with Gasteiger partial charge in [0.15, 0.2) is 17.5 Å². The van der Waals surface area contributed by atoms with Gasteiger partial charge in [0, 0.05) is 11.9 Å². The lowest BCUT2D eigenvalue weighted by molar-refractivity contribution is 0.0692. The molecule has 0 aliphatic rings. The number of aromatic nitrogens is 1. The third-order valence-corrected chi connectivity index (χ3v) is 2.92. The molecule has 0 amide bonds. The largest absolute Gasteiger partial charge is 0.478 e. The molecule has 0 spiro atoms. The van der Waals surface area contributed by atoms with E-state index in [0.717, 1.165) is 12.3 Å². The van der Waals surface area contributed by atoms with E-state index >= 15 is 0 Å². The highest BCUT2D eigenvalue weighted by atomic mass is 35.5. The van der Waals surface area contributed by atoms with E-state index in [4.69, 9.17) is 28.3 Å². The Labute approximate surface area is 122 Å². The van der Waals surface area contributed by atoms with Crippen LogP contribution in [-0.2, 0) is 0 Å². The summed E-state index contributed by atoms with van der Waals surface area (Å²) < 4.78 is 27.1. The lowest BCUT2D eigenvalue weighted by atomic mass is 10.2. The third-order valence-electron chi connectivity index (χ3n) is 2.37. The van der Waals surface area contributed by atoms with Gasteiger partial charge in [-0.15, -0.1) is 0 Å². The standard InChI is InChI=1S/C12H6Cl2F2N2O2/c13-7-3-5(4-8(14)10(7)16)18-11-9(15)6(12(19)20)1-2-17-11/h1-4H,(H,17,18)(H,19,20). The highest BCUT2D eigenvalue weighted by molar-refractivity contribution is 6.35. The van der Waals surface area contributed by atoms with E-state index in [2.05, 4.69) is 10.3 Å². The first-order valence-electron chi connectivity index (χ1n) is 5.19. The maximum Gasteiger partial charge on any atom is 0.338 e. The zero-order valence-corrected chi connectivity index (χ0v) is 11.1. The maximum atomic E-state index is 13.8. The molecule has 2 rings (SSSR count). The number of hydrogen-bond acceptors (Lipinski definition) is 3. The number of pyridine rings is 1. The predicted molar refractivity (Wildman–Crippen MR) is 70.9 cm³/mol. The summed E-state index contributed by atoms with van der Waals surface area (Å²) in [5.41, 5.74) is -0.364. The van der Waals surface area contributed by atoms with Gasteiger partial charge >= 0.3 is 5.97 Å². The van der Waals surface area contributed by atoms with Crippen LogP contribution in [0.1, 0.15) is 10.4 Å². The number of carboxylic acids is 1. The van der Waals surface area contributed by atoms with Gasteiger partial charge in [-0.05, 0) is 18.2 Å². The normalized spacial score (nSPS) is 10.4. The zero-order valence-electron chi connectivity index (χ0n) is 9.62. The van der Waals surface area contributed by atoms with Gasteiger partial charge in [-0.2, -0.15) is 0 Å². The van der Waals surface area contributed by atoms with Gasteiger partial charge in [0.05, 0.1) is 10.0 Å². The molecular weight excluding hydrogens is 313 g/mol. The van der Waals surface area contributed by atoms with E-state index in [0.29, 0.717) is 0 Å². The van der Waals surface area contributed by atoms with E-state index in [9.17, 15) is 13.6 Å². The van der Waals surface area contributed by atoms with Crippen LogP contribution in [-0.4, -0.2) is 16.1 Å². The number of nitrogens with zero attached hydrogens (tertiary/aromatic N) is 1. The molecule has 0 saturated carbocycles. The number of rotatable bonds is 3. The van der Waals surface area contributed by atoms with E-state index in [1.165, 1.54) is 12.1 Å². The Balaban J connectivity index is 2.40. The van der Waals surface area contributed by atoms with Crippen LogP contribution in [0.5, 0.6) is 0 Å². The molecular formula is C12H6Cl2F2N2O2. The molecule has 1 heterocycles. The van der Waals surface area contributed by atoms with Gasteiger partial charge in [-0.25, -0.2) is 18.6 Å². The third kappa shape index (κ3) is 2.81. The van der Waals surface area contributed by atoms with E-state index in [1.54, 1.807) is 0 Å². The first-order valence-corrected chi connectivity index (χ1v) is 5.95. The molecule has 0 bridgehead atoms. The molecule has 0 fully saturated rings. The van der Waals surface area contributed by atoms with Crippen LogP contribution in [0.3, 0.4) is 0 Å². The molecule has 0 unspecified atom stereocenters. The number of hydrogen-bond donors (Lipinski definition) is 2. The SMILES string of the molecule is O=C(O)c1ccnc(Nc2cc(Cl)c(F)c(Cl)c2)c1F. The lowest BCUT2D eigenvalue weighted by Gasteiger charge is -2.09. The summed E-state index contributed by atoms with van der Waals surface area (Å²) in [4.78, 5) is 14.5. The van der Waals surface area contributed by atoms with Crippen molar-refractivity contribution >= 4 is 40.7 Å². The van der Waals surface area contributed by atoms with Crippen molar-refractivity contribution < 1.29 is 18.7 Å². The van der Waals surface area contributed by atoms with Gasteiger partial charge in [0.1, 0.15) is 5.56 Å². The molecule has 4 nitrogen and oxygen atoms in total. The Hall–Kier alpha value is -1.92. The molecule has 2 aromatic rings.